The zero-order valence-electron chi connectivity index (χ0n) is 10.0. The average Bonchev–Trinajstić information content (AvgIpc) is 2.41. The van der Waals surface area contributed by atoms with Crippen molar-refractivity contribution in [2.75, 3.05) is 0 Å². The molecule has 3 aromatic rings. The molecule has 0 aliphatic rings. The van der Waals surface area contributed by atoms with Crippen LogP contribution in [0, 0.1) is 6.92 Å². The Kier molecular flexibility index (Phi) is 2.73. The van der Waals surface area contributed by atoms with Crippen molar-refractivity contribution in [3.63, 3.8) is 0 Å². The number of aryl methyl sites for hydroxylation is 1. The molecule has 88 valence electrons. The standard InChI is InChI=1S/C16H12OS/c1-11-6-5-9-13-14(17)10-15(18-16(11)13)12-7-3-2-4-8-12/h2-10H,1H3. The maximum atomic E-state index is 12.1. The van der Waals surface area contributed by atoms with Crippen molar-refractivity contribution >= 4 is 21.4 Å². The van der Waals surface area contributed by atoms with E-state index in [-0.39, 0.29) is 5.43 Å². The van der Waals surface area contributed by atoms with Crippen LogP contribution in [0.5, 0.6) is 0 Å². The molecular weight excluding hydrogens is 240 g/mol. The van der Waals surface area contributed by atoms with Gasteiger partial charge in [0, 0.05) is 21.0 Å². The van der Waals surface area contributed by atoms with Crippen molar-refractivity contribution in [1.29, 1.82) is 0 Å². The Hall–Kier alpha value is -1.93. The van der Waals surface area contributed by atoms with Crippen LogP contribution in [0.25, 0.3) is 20.5 Å². The fraction of sp³-hybridized carbons (Fsp3) is 0.0625. The van der Waals surface area contributed by atoms with Crippen molar-refractivity contribution in [2.45, 2.75) is 6.92 Å². The zero-order valence-corrected chi connectivity index (χ0v) is 10.8. The highest BCUT2D eigenvalue weighted by Gasteiger charge is 2.06. The Morgan fingerprint density at radius 2 is 1.72 bits per heavy atom. The quantitative estimate of drug-likeness (QED) is 0.633. The molecule has 18 heavy (non-hydrogen) atoms. The van der Waals surface area contributed by atoms with Crippen molar-refractivity contribution in [3.8, 4) is 10.4 Å². The van der Waals surface area contributed by atoms with E-state index in [2.05, 4.69) is 0 Å². The van der Waals surface area contributed by atoms with E-state index in [1.54, 1.807) is 17.4 Å². The minimum Gasteiger partial charge on any atom is -0.289 e. The van der Waals surface area contributed by atoms with Gasteiger partial charge in [-0.1, -0.05) is 42.5 Å². The van der Waals surface area contributed by atoms with Gasteiger partial charge in [-0.3, -0.25) is 4.79 Å². The van der Waals surface area contributed by atoms with E-state index in [1.165, 1.54) is 0 Å². The Balaban J connectivity index is 2.34. The highest BCUT2D eigenvalue weighted by atomic mass is 32.1. The SMILES string of the molecule is Cc1cccc2c(=O)cc(-c3ccccc3)sc12. The molecule has 0 spiro atoms. The van der Waals surface area contributed by atoms with Gasteiger partial charge in [0.25, 0.3) is 0 Å². The molecule has 0 bridgehead atoms. The van der Waals surface area contributed by atoms with Gasteiger partial charge in [0.2, 0.25) is 0 Å². The predicted octanol–water partition coefficient (Wildman–Crippen LogP) is 4.24. The Morgan fingerprint density at radius 1 is 0.944 bits per heavy atom. The van der Waals surface area contributed by atoms with Gasteiger partial charge in [-0.25, -0.2) is 0 Å². The summed E-state index contributed by atoms with van der Waals surface area (Å²) in [5.41, 5.74) is 2.36. The molecule has 0 atom stereocenters. The third kappa shape index (κ3) is 1.85. The summed E-state index contributed by atoms with van der Waals surface area (Å²) in [5.74, 6) is 0. The molecular formula is C16H12OS. The third-order valence-corrected chi connectivity index (χ3v) is 4.33. The molecule has 1 aromatic heterocycles. The molecule has 0 saturated heterocycles. The lowest BCUT2D eigenvalue weighted by Crippen LogP contribution is -1.99. The Labute approximate surface area is 109 Å². The summed E-state index contributed by atoms with van der Waals surface area (Å²) in [6.45, 7) is 2.05. The number of hydrogen-bond donors (Lipinski definition) is 0. The first-order valence-electron chi connectivity index (χ1n) is 5.84. The van der Waals surface area contributed by atoms with E-state index >= 15 is 0 Å². The molecule has 0 unspecified atom stereocenters. The van der Waals surface area contributed by atoms with Crippen molar-refractivity contribution in [1.82, 2.24) is 0 Å². The lowest BCUT2D eigenvalue weighted by atomic mass is 10.1. The first-order valence-corrected chi connectivity index (χ1v) is 6.66. The molecule has 0 aliphatic carbocycles. The van der Waals surface area contributed by atoms with Crippen LogP contribution in [-0.2, 0) is 0 Å². The molecule has 0 amide bonds. The maximum absolute atomic E-state index is 12.1. The molecule has 1 nitrogen and oxygen atoms in total. The summed E-state index contributed by atoms with van der Waals surface area (Å²) in [6, 6.07) is 17.7. The van der Waals surface area contributed by atoms with Gasteiger partial charge >= 0.3 is 0 Å². The van der Waals surface area contributed by atoms with Crippen LogP contribution in [0.4, 0.5) is 0 Å². The smallest absolute Gasteiger partial charge is 0.188 e. The Morgan fingerprint density at radius 3 is 2.50 bits per heavy atom. The third-order valence-electron chi connectivity index (χ3n) is 3.01. The number of fused-ring (bicyclic) bond motifs is 1. The lowest BCUT2D eigenvalue weighted by Gasteiger charge is -2.04. The minimum atomic E-state index is 0.103. The van der Waals surface area contributed by atoms with E-state index in [0.717, 1.165) is 26.1 Å². The van der Waals surface area contributed by atoms with Crippen LogP contribution in [-0.4, -0.2) is 0 Å². The van der Waals surface area contributed by atoms with Gasteiger partial charge in [0.05, 0.1) is 0 Å². The largest absolute Gasteiger partial charge is 0.289 e. The number of rotatable bonds is 1. The van der Waals surface area contributed by atoms with Gasteiger partial charge in [-0.05, 0) is 24.1 Å². The second kappa shape index (κ2) is 4.39. The molecule has 0 saturated carbocycles. The minimum absolute atomic E-state index is 0.103. The maximum Gasteiger partial charge on any atom is 0.188 e. The monoisotopic (exact) mass is 252 g/mol. The molecule has 0 N–H and O–H groups in total. The number of hydrogen-bond acceptors (Lipinski definition) is 2. The summed E-state index contributed by atoms with van der Waals surface area (Å²) in [5, 5.41) is 0.819. The summed E-state index contributed by atoms with van der Waals surface area (Å²) in [7, 11) is 0. The van der Waals surface area contributed by atoms with E-state index in [9.17, 15) is 4.79 Å². The van der Waals surface area contributed by atoms with Crippen molar-refractivity contribution in [3.05, 3.63) is 70.4 Å². The molecule has 0 aliphatic heterocycles. The van der Waals surface area contributed by atoms with Crippen molar-refractivity contribution in [2.24, 2.45) is 0 Å². The molecule has 2 aromatic carbocycles. The topological polar surface area (TPSA) is 17.1 Å². The van der Waals surface area contributed by atoms with E-state index < -0.39 is 0 Å². The van der Waals surface area contributed by atoms with E-state index in [0.29, 0.717) is 0 Å². The lowest BCUT2D eigenvalue weighted by molar-refractivity contribution is 1.54. The molecule has 3 rings (SSSR count). The average molecular weight is 252 g/mol. The van der Waals surface area contributed by atoms with Crippen molar-refractivity contribution < 1.29 is 0 Å². The highest BCUT2D eigenvalue weighted by molar-refractivity contribution is 7.21. The fourth-order valence-corrected chi connectivity index (χ4v) is 3.21. The fourth-order valence-electron chi connectivity index (χ4n) is 2.06. The highest BCUT2D eigenvalue weighted by Crippen LogP contribution is 2.29. The number of benzene rings is 2. The van der Waals surface area contributed by atoms with Crippen LogP contribution in [0.15, 0.2) is 59.4 Å². The molecule has 1 heterocycles. The van der Waals surface area contributed by atoms with Gasteiger partial charge < -0.3 is 0 Å². The van der Waals surface area contributed by atoms with Crippen LogP contribution < -0.4 is 5.43 Å². The van der Waals surface area contributed by atoms with Gasteiger partial charge in [-0.15, -0.1) is 11.3 Å². The van der Waals surface area contributed by atoms with Crippen LogP contribution in [0.3, 0.4) is 0 Å². The van der Waals surface area contributed by atoms with Crippen LogP contribution in [0.2, 0.25) is 0 Å². The molecule has 0 fully saturated rings. The summed E-state index contributed by atoms with van der Waals surface area (Å²) in [4.78, 5) is 13.2. The van der Waals surface area contributed by atoms with Gasteiger partial charge in [-0.2, -0.15) is 0 Å². The van der Waals surface area contributed by atoms with Crippen LogP contribution in [0.1, 0.15) is 5.56 Å². The molecule has 0 radical (unpaired) electrons. The van der Waals surface area contributed by atoms with E-state index in [4.69, 9.17) is 0 Å². The van der Waals surface area contributed by atoms with Gasteiger partial charge in [0.15, 0.2) is 5.43 Å². The van der Waals surface area contributed by atoms with Crippen LogP contribution >= 0.6 is 11.3 Å². The first kappa shape index (κ1) is 11.2. The second-order valence-electron chi connectivity index (χ2n) is 4.29. The van der Waals surface area contributed by atoms with Gasteiger partial charge in [0.1, 0.15) is 0 Å². The summed E-state index contributed by atoms with van der Waals surface area (Å²) < 4.78 is 1.09. The second-order valence-corrected chi connectivity index (χ2v) is 5.34. The summed E-state index contributed by atoms with van der Waals surface area (Å²) >= 11 is 1.68. The normalized spacial score (nSPS) is 10.7. The Bertz CT molecular complexity index is 757. The first-order chi connectivity index (χ1) is 8.75. The summed E-state index contributed by atoms with van der Waals surface area (Å²) in [6.07, 6.45) is 0. The molecule has 2 heteroatoms. The van der Waals surface area contributed by atoms with E-state index in [1.807, 2.05) is 55.5 Å². The predicted molar refractivity (Wildman–Crippen MR) is 78.3 cm³/mol. The zero-order chi connectivity index (χ0) is 12.5.